The number of carbonyl (C=O) groups excluding carboxylic acids is 1. The van der Waals surface area contributed by atoms with Crippen molar-refractivity contribution >= 4 is 17.5 Å². The molecule has 0 aromatic heterocycles. The highest BCUT2D eigenvalue weighted by molar-refractivity contribution is 6.30. The Morgan fingerprint density at radius 2 is 2.37 bits per heavy atom. The van der Waals surface area contributed by atoms with Gasteiger partial charge in [0, 0.05) is 17.7 Å². The number of nitrogens with two attached hydrogens (primary N) is 1. The van der Waals surface area contributed by atoms with Crippen molar-refractivity contribution in [2.24, 2.45) is 5.73 Å². The number of hydrogen-bond acceptors (Lipinski definition) is 3. The molecule has 0 spiro atoms. The molecule has 19 heavy (non-hydrogen) atoms. The maximum absolute atomic E-state index is 13.6. The molecule has 0 radical (unpaired) electrons. The van der Waals surface area contributed by atoms with Crippen LogP contribution in [0.1, 0.15) is 23.7 Å². The summed E-state index contributed by atoms with van der Waals surface area (Å²) in [6.07, 6.45) is 0.598. The Bertz CT molecular complexity index is 482. The fraction of sp³-hybridized carbons (Fsp3) is 0.462. The average Bonchev–Trinajstić information content (AvgIpc) is 2.35. The van der Waals surface area contributed by atoms with E-state index in [1.54, 1.807) is 0 Å². The van der Waals surface area contributed by atoms with Crippen molar-refractivity contribution < 1.29 is 13.9 Å². The van der Waals surface area contributed by atoms with Gasteiger partial charge >= 0.3 is 0 Å². The van der Waals surface area contributed by atoms with Gasteiger partial charge in [-0.1, -0.05) is 11.6 Å². The van der Waals surface area contributed by atoms with Crippen LogP contribution in [0.4, 0.5) is 4.39 Å². The quantitative estimate of drug-likeness (QED) is 0.886. The van der Waals surface area contributed by atoms with Crippen LogP contribution in [0.3, 0.4) is 0 Å². The lowest BCUT2D eigenvalue weighted by atomic mass is 9.83. The summed E-state index contributed by atoms with van der Waals surface area (Å²) < 4.78 is 19.0. The van der Waals surface area contributed by atoms with Crippen molar-refractivity contribution in [1.82, 2.24) is 5.32 Å². The Labute approximate surface area is 116 Å². The van der Waals surface area contributed by atoms with Crippen LogP contribution in [-0.4, -0.2) is 30.7 Å². The molecule has 0 heterocycles. The lowest BCUT2D eigenvalue weighted by Gasteiger charge is -2.42. The number of benzene rings is 1. The van der Waals surface area contributed by atoms with E-state index in [1.807, 2.05) is 6.92 Å². The van der Waals surface area contributed by atoms with Gasteiger partial charge < -0.3 is 15.8 Å². The van der Waals surface area contributed by atoms with Crippen molar-refractivity contribution in [3.63, 3.8) is 0 Å². The molecule has 1 amide bonds. The van der Waals surface area contributed by atoms with E-state index >= 15 is 0 Å². The average molecular weight is 287 g/mol. The zero-order valence-electron chi connectivity index (χ0n) is 10.5. The smallest absolute Gasteiger partial charge is 0.254 e. The molecule has 0 bridgehead atoms. The number of nitrogens with one attached hydrogen (secondary N) is 1. The molecule has 6 heteroatoms. The number of amides is 1. The van der Waals surface area contributed by atoms with Gasteiger partial charge in [-0.25, -0.2) is 4.39 Å². The van der Waals surface area contributed by atoms with Gasteiger partial charge in [0.25, 0.3) is 5.91 Å². The van der Waals surface area contributed by atoms with Gasteiger partial charge in [0.15, 0.2) is 0 Å². The second kappa shape index (κ2) is 5.86. The minimum atomic E-state index is -0.647. The van der Waals surface area contributed by atoms with E-state index < -0.39 is 11.7 Å². The van der Waals surface area contributed by atoms with E-state index in [4.69, 9.17) is 22.1 Å². The second-order valence-corrected chi connectivity index (χ2v) is 4.95. The highest BCUT2D eigenvalue weighted by atomic mass is 35.5. The Morgan fingerprint density at radius 1 is 1.63 bits per heavy atom. The van der Waals surface area contributed by atoms with E-state index in [0.717, 1.165) is 6.07 Å². The Hall–Kier alpha value is -1.17. The molecule has 104 valence electrons. The molecular weight excluding hydrogens is 271 g/mol. The summed E-state index contributed by atoms with van der Waals surface area (Å²) >= 11 is 5.64. The summed E-state index contributed by atoms with van der Waals surface area (Å²) in [6.45, 7) is 2.43. The van der Waals surface area contributed by atoms with Crippen molar-refractivity contribution in [1.29, 1.82) is 0 Å². The topological polar surface area (TPSA) is 64.3 Å². The summed E-state index contributed by atoms with van der Waals surface area (Å²) in [6, 6.07) is 3.50. The number of rotatable bonds is 4. The molecule has 0 aliphatic heterocycles. The summed E-state index contributed by atoms with van der Waals surface area (Å²) in [5.41, 5.74) is 5.78. The predicted octanol–water partition coefficient (Wildman–Crippen LogP) is 1.71. The first kappa shape index (κ1) is 14.2. The zero-order valence-corrected chi connectivity index (χ0v) is 11.3. The molecule has 3 unspecified atom stereocenters. The second-order valence-electron chi connectivity index (χ2n) is 4.52. The van der Waals surface area contributed by atoms with Crippen LogP contribution < -0.4 is 11.1 Å². The normalized spacial score (nSPS) is 25.8. The molecular formula is C13H16ClFN2O2. The van der Waals surface area contributed by atoms with E-state index in [1.165, 1.54) is 12.1 Å². The summed E-state index contributed by atoms with van der Waals surface area (Å²) in [7, 11) is 0. The summed E-state index contributed by atoms with van der Waals surface area (Å²) in [4.78, 5) is 12.0. The SMILES string of the molecule is CCOC1CC(N)C1NC(=O)c1ccc(Cl)cc1F. The van der Waals surface area contributed by atoms with Crippen molar-refractivity contribution in [2.45, 2.75) is 31.5 Å². The molecule has 1 aromatic carbocycles. The largest absolute Gasteiger partial charge is 0.376 e. The third-order valence-corrected chi connectivity index (χ3v) is 3.46. The van der Waals surface area contributed by atoms with Gasteiger partial charge in [0.2, 0.25) is 0 Å². The van der Waals surface area contributed by atoms with Crippen LogP contribution in [0, 0.1) is 5.82 Å². The molecule has 1 aromatic rings. The first-order chi connectivity index (χ1) is 9.02. The molecule has 2 rings (SSSR count). The Morgan fingerprint density at radius 3 is 2.95 bits per heavy atom. The van der Waals surface area contributed by atoms with E-state index in [-0.39, 0.29) is 28.8 Å². The van der Waals surface area contributed by atoms with Crippen LogP contribution in [0.5, 0.6) is 0 Å². The van der Waals surface area contributed by atoms with Gasteiger partial charge in [-0.15, -0.1) is 0 Å². The molecule has 3 N–H and O–H groups in total. The molecule has 1 saturated carbocycles. The zero-order chi connectivity index (χ0) is 14.0. The minimum absolute atomic E-state index is 0.0428. The van der Waals surface area contributed by atoms with E-state index in [0.29, 0.717) is 13.0 Å². The maximum Gasteiger partial charge on any atom is 0.254 e. The van der Waals surface area contributed by atoms with Gasteiger partial charge in [-0.2, -0.15) is 0 Å². The summed E-state index contributed by atoms with van der Waals surface area (Å²) in [5, 5.41) is 2.96. The monoisotopic (exact) mass is 286 g/mol. The van der Waals surface area contributed by atoms with Crippen LogP contribution >= 0.6 is 11.6 Å². The fourth-order valence-electron chi connectivity index (χ4n) is 2.13. The Balaban J connectivity index is 2.04. The van der Waals surface area contributed by atoms with Crippen molar-refractivity contribution in [3.8, 4) is 0 Å². The van der Waals surface area contributed by atoms with Crippen LogP contribution in [0.2, 0.25) is 5.02 Å². The molecule has 1 fully saturated rings. The van der Waals surface area contributed by atoms with Crippen molar-refractivity contribution in [3.05, 3.63) is 34.6 Å². The highest BCUT2D eigenvalue weighted by Crippen LogP contribution is 2.23. The number of halogens is 2. The van der Waals surface area contributed by atoms with Crippen LogP contribution in [0.25, 0.3) is 0 Å². The van der Waals surface area contributed by atoms with Gasteiger partial charge in [-0.3, -0.25) is 4.79 Å². The minimum Gasteiger partial charge on any atom is -0.376 e. The van der Waals surface area contributed by atoms with Crippen LogP contribution in [-0.2, 0) is 4.74 Å². The number of ether oxygens (including phenoxy) is 1. The summed E-state index contributed by atoms with van der Waals surface area (Å²) in [5.74, 6) is -1.15. The Kier molecular flexibility index (Phi) is 4.39. The number of hydrogen-bond donors (Lipinski definition) is 2. The molecule has 0 saturated heterocycles. The number of carbonyl (C=O) groups is 1. The third kappa shape index (κ3) is 3.05. The van der Waals surface area contributed by atoms with Gasteiger partial charge in [-0.05, 0) is 31.5 Å². The maximum atomic E-state index is 13.6. The van der Waals surface area contributed by atoms with Gasteiger partial charge in [0.05, 0.1) is 17.7 Å². The lowest BCUT2D eigenvalue weighted by Crippen LogP contribution is -2.64. The first-order valence-electron chi connectivity index (χ1n) is 6.16. The first-order valence-corrected chi connectivity index (χ1v) is 6.53. The molecule has 3 atom stereocenters. The van der Waals surface area contributed by atoms with E-state index in [2.05, 4.69) is 5.32 Å². The molecule has 1 aliphatic carbocycles. The van der Waals surface area contributed by atoms with Crippen LogP contribution in [0.15, 0.2) is 18.2 Å². The van der Waals surface area contributed by atoms with Gasteiger partial charge in [0.1, 0.15) is 5.82 Å². The third-order valence-electron chi connectivity index (χ3n) is 3.22. The van der Waals surface area contributed by atoms with E-state index in [9.17, 15) is 9.18 Å². The van der Waals surface area contributed by atoms with Crippen molar-refractivity contribution in [2.75, 3.05) is 6.61 Å². The predicted molar refractivity (Wildman–Crippen MR) is 70.7 cm³/mol. The lowest BCUT2D eigenvalue weighted by molar-refractivity contribution is -0.0300. The highest BCUT2D eigenvalue weighted by Gasteiger charge is 2.40. The molecule has 1 aliphatic rings. The molecule has 4 nitrogen and oxygen atoms in total. The fourth-order valence-corrected chi connectivity index (χ4v) is 2.29. The standard InChI is InChI=1S/C13H16ClFN2O2/c1-2-19-11-6-10(16)12(11)17-13(18)8-4-3-7(14)5-9(8)15/h3-5,10-12H,2,6,16H2,1H3,(H,17,18).